The van der Waals surface area contributed by atoms with Crippen LogP contribution >= 0.6 is 0 Å². The van der Waals surface area contributed by atoms with Gasteiger partial charge in [0.1, 0.15) is 12.1 Å². The van der Waals surface area contributed by atoms with Crippen LogP contribution in [-0.2, 0) is 11.2 Å². The standard InChI is InChI=1S/C19H15N3O2/c23-18-15-10-13-12-8-4-5-9-14(12)20-16(13)17(22(15)19(24)21-18)11-6-2-1-3-7-11/h1-9,15,17,20H,10H2,(H,21,23,24). The summed E-state index contributed by atoms with van der Waals surface area (Å²) >= 11 is 0. The van der Waals surface area contributed by atoms with Gasteiger partial charge in [-0.3, -0.25) is 15.0 Å². The first-order chi connectivity index (χ1) is 11.7. The lowest BCUT2D eigenvalue weighted by Gasteiger charge is -2.35. The van der Waals surface area contributed by atoms with Gasteiger partial charge in [0.2, 0.25) is 0 Å². The fraction of sp³-hybridized carbons (Fsp3) is 0.158. The number of aromatic amines is 1. The highest BCUT2D eigenvalue weighted by Crippen LogP contribution is 2.42. The molecule has 5 nitrogen and oxygen atoms in total. The number of para-hydroxylation sites is 1. The molecule has 0 spiro atoms. The average molecular weight is 317 g/mol. The number of urea groups is 1. The normalized spacial score (nSPS) is 22.4. The van der Waals surface area contributed by atoms with E-state index in [4.69, 9.17) is 0 Å². The number of aromatic nitrogens is 1. The summed E-state index contributed by atoms with van der Waals surface area (Å²) in [5.74, 6) is -0.211. The number of carbonyl (C=O) groups excluding carboxylic acids is 2. The molecule has 2 aliphatic heterocycles. The molecule has 5 rings (SSSR count). The predicted octanol–water partition coefficient (Wildman–Crippen LogP) is 2.73. The molecule has 0 bridgehead atoms. The van der Waals surface area contributed by atoms with E-state index in [-0.39, 0.29) is 18.0 Å². The number of nitrogens with zero attached hydrogens (tertiary/aromatic N) is 1. The number of H-pyrrole nitrogens is 1. The van der Waals surface area contributed by atoms with E-state index in [9.17, 15) is 9.59 Å². The number of hydrogen-bond acceptors (Lipinski definition) is 2. The van der Waals surface area contributed by atoms with Crippen molar-refractivity contribution in [3.8, 4) is 0 Å². The molecule has 2 unspecified atom stereocenters. The zero-order chi connectivity index (χ0) is 16.3. The van der Waals surface area contributed by atoms with Crippen molar-refractivity contribution in [1.29, 1.82) is 0 Å². The molecule has 2 aliphatic rings. The van der Waals surface area contributed by atoms with Gasteiger partial charge in [-0.15, -0.1) is 0 Å². The Morgan fingerprint density at radius 3 is 2.54 bits per heavy atom. The van der Waals surface area contributed by atoms with Crippen LogP contribution < -0.4 is 5.32 Å². The molecule has 24 heavy (non-hydrogen) atoms. The Labute approximate surface area is 138 Å². The third kappa shape index (κ3) is 1.69. The Morgan fingerprint density at radius 2 is 1.71 bits per heavy atom. The molecule has 0 aliphatic carbocycles. The molecule has 3 heterocycles. The number of carbonyl (C=O) groups is 2. The van der Waals surface area contributed by atoms with Gasteiger partial charge in [0.05, 0.1) is 0 Å². The molecular formula is C19H15N3O2. The number of imide groups is 1. The first-order valence-electron chi connectivity index (χ1n) is 8.01. The highest BCUT2D eigenvalue weighted by atomic mass is 16.2. The van der Waals surface area contributed by atoms with E-state index in [0.29, 0.717) is 6.42 Å². The summed E-state index contributed by atoms with van der Waals surface area (Å²) in [7, 11) is 0. The fourth-order valence-electron chi connectivity index (χ4n) is 3.98. The molecule has 1 saturated heterocycles. The Kier molecular flexibility index (Phi) is 2.62. The zero-order valence-electron chi connectivity index (χ0n) is 12.8. The maximum absolute atomic E-state index is 12.4. The molecule has 0 radical (unpaired) electrons. The van der Waals surface area contributed by atoms with Gasteiger partial charge in [-0.05, 0) is 17.2 Å². The highest BCUT2D eigenvalue weighted by Gasteiger charge is 2.48. The average Bonchev–Trinajstić information content (AvgIpc) is 3.12. The number of fused-ring (bicyclic) bond motifs is 4. The summed E-state index contributed by atoms with van der Waals surface area (Å²) < 4.78 is 0. The topological polar surface area (TPSA) is 65.2 Å². The third-order valence-corrected chi connectivity index (χ3v) is 5.01. The van der Waals surface area contributed by atoms with Gasteiger partial charge < -0.3 is 4.98 Å². The highest BCUT2D eigenvalue weighted by molar-refractivity contribution is 6.05. The largest absolute Gasteiger partial charge is 0.356 e. The molecule has 5 heteroatoms. The van der Waals surface area contributed by atoms with Gasteiger partial charge in [-0.25, -0.2) is 4.79 Å². The number of amides is 3. The summed E-state index contributed by atoms with van der Waals surface area (Å²) in [4.78, 5) is 29.8. The van der Waals surface area contributed by atoms with E-state index < -0.39 is 6.04 Å². The second-order valence-electron chi connectivity index (χ2n) is 6.30. The van der Waals surface area contributed by atoms with Crippen LogP contribution in [0.3, 0.4) is 0 Å². The molecule has 0 saturated carbocycles. The first-order valence-corrected chi connectivity index (χ1v) is 8.01. The number of hydrogen-bond donors (Lipinski definition) is 2. The van der Waals surface area contributed by atoms with E-state index in [1.54, 1.807) is 4.90 Å². The van der Waals surface area contributed by atoms with Gasteiger partial charge in [-0.1, -0.05) is 48.5 Å². The Bertz CT molecular complexity index is 977. The summed E-state index contributed by atoms with van der Waals surface area (Å²) in [6.07, 6.45) is 0.542. The van der Waals surface area contributed by atoms with Crippen LogP contribution in [0.4, 0.5) is 4.79 Å². The smallest absolute Gasteiger partial charge is 0.325 e. The van der Waals surface area contributed by atoms with Crippen LogP contribution in [0.1, 0.15) is 22.9 Å². The molecule has 1 fully saturated rings. The van der Waals surface area contributed by atoms with Crippen LogP contribution in [0, 0.1) is 0 Å². The van der Waals surface area contributed by atoms with Gasteiger partial charge >= 0.3 is 6.03 Å². The van der Waals surface area contributed by atoms with E-state index in [1.807, 2.05) is 48.5 Å². The minimum absolute atomic E-state index is 0.211. The second kappa shape index (κ2) is 4.71. The van der Waals surface area contributed by atoms with Crippen LogP contribution in [0.5, 0.6) is 0 Å². The van der Waals surface area contributed by atoms with Crippen LogP contribution in [-0.4, -0.2) is 27.9 Å². The fourth-order valence-corrected chi connectivity index (χ4v) is 3.98. The molecule has 3 aromatic rings. The van der Waals surface area contributed by atoms with E-state index in [2.05, 4.69) is 16.4 Å². The van der Waals surface area contributed by atoms with Crippen molar-refractivity contribution in [2.45, 2.75) is 18.5 Å². The Hall–Kier alpha value is -3.08. The van der Waals surface area contributed by atoms with Crippen LogP contribution in [0.25, 0.3) is 10.9 Å². The van der Waals surface area contributed by atoms with Crippen molar-refractivity contribution in [3.05, 3.63) is 71.4 Å². The van der Waals surface area contributed by atoms with Crippen molar-refractivity contribution >= 4 is 22.8 Å². The van der Waals surface area contributed by atoms with Crippen molar-refractivity contribution < 1.29 is 9.59 Å². The van der Waals surface area contributed by atoms with Crippen molar-refractivity contribution in [1.82, 2.24) is 15.2 Å². The van der Waals surface area contributed by atoms with Crippen molar-refractivity contribution in [2.24, 2.45) is 0 Å². The third-order valence-electron chi connectivity index (χ3n) is 5.01. The van der Waals surface area contributed by atoms with Gasteiger partial charge in [-0.2, -0.15) is 0 Å². The second-order valence-corrected chi connectivity index (χ2v) is 6.30. The SMILES string of the molecule is O=C1NC(=O)N2C1Cc1c([nH]c3ccccc13)C2c1ccccc1. The van der Waals surface area contributed by atoms with Crippen molar-refractivity contribution in [2.75, 3.05) is 0 Å². The van der Waals surface area contributed by atoms with E-state index in [1.165, 1.54) is 0 Å². The van der Waals surface area contributed by atoms with Crippen LogP contribution in [0.15, 0.2) is 54.6 Å². The lowest BCUT2D eigenvalue weighted by molar-refractivity contribution is -0.121. The number of nitrogens with one attached hydrogen (secondary N) is 2. The molecule has 2 N–H and O–H groups in total. The monoisotopic (exact) mass is 317 g/mol. The molecule has 2 aromatic carbocycles. The quantitative estimate of drug-likeness (QED) is 0.678. The number of benzene rings is 2. The minimum atomic E-state index is -0.450. The molecule has 1 aromatic heterocycles. The maximum atomic E-state index is 12.4. The summed E-state index contributed by atoms with van der Waals surface area (Å²) in [5.41, 5.74) is 4.17. The Balaban J connectivity index is 1.79. The molecule has 118 valence electrons. The van der Waals surface area contributed by atoms with E-state index >= 15 is 0 Å². The minimum Gasteiger partial charge on any atom is -0.356 e. The summed E-state index contributed by atoms with van der Waals surface area (Å²) in [5, 5.41) is 3.59. The molecule has 2 atom stereocenters. The zero-order valence-corrected chi connectivity index (χ0v) is 12.8. The number of rotatable bonds is 1. The van der Waals surface area contributed by atoms with Crippen molar-refractivity contribution in [3.63, 3.8) is 0 Å². The lowest BCUT2D eigenvalue weighted by Crippen LogP contribution is -2.44. The van der Waals surface area contributed by atoms with E-state index in [0.717, 1.165) is 27.7 Å². The van der Waals surface area contributed by atoms with Gasteiger partial charge in [0, 0.05) is 23.0 Å². The first kappa shape index (κ1) is 13.4. The van der Waals surface area contributed by atoms with Crippen LogP contribution in [0.2, 0.25) is 0 Å². The Morgan fingerprint density at radius 1 is 0.958 bits per heavy atom. The van der Waals surface area contributed by atoms with Gasteiger partial charge in [0.25, 0.3) is 5.91 Å². The molecular weight excluding hydrogens is 302 g/mol. The predicted molar refractivity (Wildman–Crippen MR) is 89.5 cm³/mol. The lowest BCUT2D eigenvalue weighted by atomic mass is 9.89. The maximum Gasteiger partial charge on any atom is 0.325 e. The summed E-state index contributed by atoms with van der Waals surface area (Å²) in [6, 6.07) is 16.9. The van der Waals surface area contributed by atoms with Gasteiger partial charge in [0.15, 0.2) is 0 Å². The molecule has 3 amide bonds. The summed E-state index contributed by atoms with van der Waals surface area (Å²) in [6.45, 7) is 0.